The van der Waals surface area contributed by atoms with E-state index in [0.29, 0.717) is 6.54 Å². The maximum atomic E-state index is 12.9. The fraction of sp³-hybridized carbons (Fsp3) is 0.550. The van der Waals surface area contributed by atoms with Crippen molar-refractivity contribution in [1.29, 1.82) is 0 Å². The summed E-state index contributed by atoms with van der Waals surface area (Å²) < 4.78 is 0. The van der Waals surface area contributed by atoms with E-state index in [4.69, 9.17) is 0 Å². The molecule has 25 heavy (non-hydrogen) atoms. The number of hydrogen-bond donors (Lipinski definition) is 0. The lowest BCUT2D eigenvalue weighted by atomic mass is 9.81. The number of hydrogen-bond acceptors (Lipinski definition) is 3. The lowest BCUT2D eigenvalue weighted by Crippen LogP contribution is -2.43. The number of carbonyl (C=O) groups excluding carboxylic acids is 3. The molecule has 4 rings (SSSR count). The van der Waals surface area contributed by atoms with E-state index in [1.165, 1.54) is 4.90 Å². The largest absolute Gasteiger partial charge is 0.334 e. The van der Waals surface area contributed by atoms with E-state index in [9.17, 15) is 14.4 Å². The second-order valence-corrected chi connectivity index (χ2v) is 7.42. The van der Waals surface area contributed by atoms with Crippen LogP contribution in [-0.2, 0) is 14.4 Å². The number of imide groups is 1. The van der Waals surface area contributed by atoms with Crippen LogP contribution >= 0.6 is 0 Å². The Balaban J connectivity index is 1.48. The second-order valence-electron chi connectivity index (χ2n) is 7.42. The van der Waals surface area contributed by atoms with E-state index in [1.54, 1.807) is 0 Å². The lowest BCUT2D eigenvalue weighted by molar-refractivity contribution is -0.147. The molecule has 0 N–H and O–H groups in total. The quantitative estimate of drug-likeness (QED) is 0.795. The maximum Gasteiger partial charge on any atom is 0.243 e. The Hall–Kier alpha value is -2.17. The molecular weight excluding hydrogens is 316 g/mol. The van der Waals surface area contributed by atoms with Gasteiger partial charge in [-0.1, -0.05) is 43.2 Å². The summed E-state index contributed by atoms with van der Waals surface area (Å²) in [5.74, 6) is -0.723. The number of fused-ring (bicyclic) bond motifs is 1. The summed E-state index contributed by atoms with van der Waals surface area (Å²) >= 11 is 0. The van der Waals surface area contributed by atoms with Crippen molar-refractivity contribution < 1.29 is 14.4 Å². The van der Waals surface area contributed by atoms with E-state index in [0.717, 1.165) is 44.1 Å². The Morgan fingerprint density at radius 2 is 1.56 bits per heavy atom. The van der Waals surface area contributed by atoms with Gasteiger partial charge in [-0.05, 0) is 31.2 Å². The highest BCUT2D eigenvalue weighted by atomic mass is 16.2. The van der Waals surface area contributed by atoms with Crippen LogP contribution in [0.5, 0.6) is 0 Å². The van der Waals surface area contributed by atoms with Crippen LogP contribution in [0.15, 0.2) is 30.3 Å². The van der Waals surface area contributed by atoms with Crippen molar-refractivity contribution in [3.63, 3.8) is 0 Å². The van der Waals surface area contributed by atoms with Crippen LogP contribution < -0.4 is 0 Å². The molecule has 3 fully saturated rings. The molecule has 3 amide bonds. The van der Waals surface area contributed by atoms with Crippen molar-refractivity contribution in [3.8, 4) is 0 Å². The summed E-state index contributed by atoms with van der Waals surface area (Å²) in [6.07, 6.45) is 5.47. The third kappa shape index (κ3) is 2.86. The number of nitrogens with zero attached hydrogens (tertiary/aromatic N) is 2. The second kappa shape index (κ2) is 6.62. The number of likely N-dealkylation sites (tertiary alicyclic amines) is 2. The zero-order valence-corrected chi connectivity index (χ0v) is 14.4. The van der Waals surface area contributed by atoms with Crippen LogP contribution in [0.3, 0.4) is 0 Å². The summed E-state index contributed by atoms with van der Waals surface area (Å²) in [4.78, 5) is 41.1. The molecule has 1 aromatic carbocycles. The van der Waals surface area contributed by atoms with Gasteiger partial charge in [0.1, 0.15) is 6.54 Å². The van der Waals surface area contributed by atoms with Gasteiger partial charge in [0.25, 0.3) is 0 Å². The Bertz CT molecular complexity index is 663. The van der Waals surface area contributed by atoms with Gasteiger partial charge in [0.05, 0.1) is 17.9 Å². The molecule has 2 aliphatic heterocycles. The van der Waals surface area contributed by atoms with Crippen molar-refractivity contribution in [1.82, 2.24) is 9.80 Å². The van der Waals surface area contributed by atoms with Crippen LogP contribution in [0.2, 0.25) is 0 Å². The minimum atomic E-state index is -0.183. The van der Waals surface area contributed by atoms with Crippen molar-refractivity contribution in [2.75, 3.05) is 13.1 Å². The van der Waals surface area contributed by atoms with Crippen molar-refractivity contribution in [2.45, 2.75) is 44.6 Å². The standard InChI is InChI=1S/C20H24N2O3/c23-18(21-12-6-11-17(21)14-7-2-1-3-8-14)13-22-19(24)15-9-4-5-10-16(15)20(22)25/h1-3,7-8,15-17H,4-6,9-13H2/t15-,16+,17-/m1/s1. The van der Waals surface area contributed by atoms with E-state index in [1.807, 2.05) is 35.2 Å². The summed E-state index contributed by atoms with van der Waals surface area (Å²) in [6.45, 7) is 0.607. The van der Waals surface area contributed by atoms with E-state index in [2.05, 4.69) is 0 Å². The molecule has 5 heteroatoms. The van der Waals surface area contributed by atoms with Gasteiger partial charge >= 0.3 is 0 Å². The van der Waals surface area contributed by atoms with Gasteiger partial charge in [-0.2, -0.15) is 0 Å². The van der Waals surface area contributed by atoms with Crippen LogP contribution in [0.4, 0.5) is 0 Å². The normalized spacial score (nSPS) is 29.2. The Morgan fingerprint density at radius 1 is 0.920 bits per heavy atom. The molecule has 1 aromatic rings. The van der Waals surface area contributed by atoms with Gasteiger partial charge in [-0.15, -0.1) is 0 Å². The first kappa shape index (κ1) is 16.3. The minimum Gasteiger partial charge on any atom is -0.334 e. The average Bonchev–Trinajstić information content (AvgIpc) is 3.23. The maximum absolute atomic E-state index is 12.9. The van der Waals surface area contributed by atoms with Crippen LogP contribution in [-0.4, -0.2) is 40.6 Å². The highest BCUT2D eigenvalue weighted by molar-refractivity contribution is 6.07. The third-order valence-electron chi connectivity index (χ3n) is 5.98. The van der Waals surface area contributed by atoms with Crippen molar-refractivity contribution in [3.05, 3.63) is 35.9 Å². The van der Waals surface area contributed by atoms with Crippen molar-refractivity contribution >= 4 is 17.7 Å². The smallest absolute Gasteiger partial charge is 0.243 e. The fourth-order valence-corrected chi connectivity index (χ4v) is 4.70. The molecule has 2 saturated heterocycles. The zero-order valence-electron chi connectivity index (χ0n) is 14.4. The third-order valence-corrected chi connectivity index (χ3v) is 5.98. The number of benzene rings is 1. The molecular formula is C20H24N2O3. The monoisotopic (exact) mass is 340 g/mol. The number of amides is 3. The first-order valence-electron chi connectivity index (χ1n) is 9.36. The molecule has 0 unspecified atom stereocenters. The highest BCUT2D eigenvalue weighted by Crippen LogP contribution is 2.38. The molecule has 1 aliphatic carbocycles. The van der Waals surface area contributed by atoms with Gasteiger partial charge in [-0.3, -0.25) is 19.3 Å². The van der Waals surface area contributed by atoms with E-state index in [-0.39, 0.29) is 42.1 Å². The van der Waals surface area contributed by atoms with Gasteiger partial charge in [0.15, 0.2) is 0 Å². The molecule has 0 aromatic heterocycles. The van der Waals surface area contributed by atoms with Gasteiger partial charge in [-0.25, -0.2) is 0 Å². The van der Waals surface area contributed by atoms with Gasteiger partial charge < -0.3 is 4.90 Å². The molecule has 132 valence electrons. The number of carbonyl (C=O) groups is 3. The van der Waals surface area contributed by atoms with Gasteiger partial charge in [0, 0.05) is 6.54 Å². The molecule has 0 spiro atoms. The van der Waals surface area contributed by atoms with Crippen LogP contribution in [0.25, 0.3) is 0 Å². The molecule has 2 heterocycles. The Labute approximate surface area is 148 Å². The average molecular weight is 340 g/mol. The molecule has 1 saturated carbocycles. The van der Waals surface area contributed by atoms with Crippen molar-refractivity contribution in [2.24, 2.45) is 11.8 Å². The van der Waals surface area contributed by atoms with E-state index < -0.39 is 0 Å². The minimum absolute atomic E-state index is 0.0591. The summed E-state index contributed by atoms with van der Waals surface area (Å²) in [6, 6.07) is 10.1. The molecule has 3 atom stereocenters. The zero-order chi connectivity index (χ0) is 17.4. The highest BCUT2D eigenvalue weighted by Gasteiger charge is 2.49. The first-order chi connectivity index (χ1) is 12.2. The Kier molecular flexibility index (Phi) is 4.32. The predicted molar refractivity (Wildman–Crippen MR) is 92.3 cm³/mol. The summed E-state index contributed by atoms with van der Waals surface area (Å²) in [5, 5.41) is 0. The predicted octanol–water partition coefficient (Wildman–Crippen LogP) is 2.53. The molecule has 3 aliphatic rings. The van der Waals surface area contributed by atoms with Crippen LogP contribution in [0, 0.1) is 11.8 Å². The summed E-state index contributed by atoms with van der Waals surface area (Å²) in [7, 11) is 0. The van der Waals surface area contributed by atoms with Crippen LogP contribution in [0.1, 0.15) is 50.1 Å². The molecule has 0 radical (unpaired) electrons. The first-order valence-corrected chi connectivity index (χ1v) is 9.36. The van der Waals surface area contributed by atoms with E-state index >= 15 is 0 Å². The molecule has 5 nitrogen and oxygen atoms in total. The SMILES string of the molecule is O=C1[C@H]2CCCC[C@H]2C(=O)N1CC(=O)N1CCC[C@@H]1c1ccccc1. The fourth-order valence-electron chi connectivity index (χ4n) is 4.70. The summed E-state index contributed by atoms with van der Waals surface area (Å²) in [5.41, 5.74) is 1.13. The topological polar surface area (TPSA) is 57.7 Å². The Morgan fingerprint density at radius 3 is 2.20 bits per heavy atom. The number of rotatable bonds is 3. The lowest BCUT2D eigenvalue weighted by Gasteiger charge is -2.27. The van der Waals surface area contributed by atoms with Gasteiger partial charge in [0.2, 0.25) is 17.7 Å². The molecule has 0 bridgehead atoms.